The first kappa shape index (κ1) is 11.9. The van der Waals surface area contributed by atoms with E-state index in [0.717, 1.165) is 34.2 Å². The van der Waals surface area contributed by atoms with E-state index in [2.05, 4.69) is 37.0 Å². The third-order valence-corrected chi connectivity index (χ3v) is 3.84. The highest BCUT2D eigenvalue weighted by molar-refractivity contribution is 9.11. The second-order valence-electron chi connectivity index (χ2n) is 3.94. The number of benzene rings is 1. The van der Waals surface area contributed by atoms with Gasteiger partial charge in [0.1, 0.15) is 5.75 Å². The predicted molar refractivity (Wildman–Crippen MR) is 72.1 cm³/mol. The lowest BCUT2D eigenvalue weighted by Gasteiger charge is -2.10. The molecule has 0 heterocycles. The number of aromatic hydroxyl groups is 1. The number of nitrogens with zero attached hydrogens (tertiary/aromatic N) is 2. The van der Waals surface area contributed by atoms with Crippen LogP contribution in [0.5, 0.6) is 5.75 Å². The van der Waals surface area contributed by atoms with Crippen molar-refractivity contribution in [2.75, 3.05) is 14.1 Å². The number of halogens is 2. The van der Waals surface area contributed by atoms with Gasteiger partial charge in [0.2, 0.25) is 0 Å². The Bertz CT molecular complexity index is 470. The number of phenolic OH excluding ortho intramolecular Hbond substituents is 1. The number of phenols is 1. The smallest absolute Gasteiger partial charge is 0.139 e. The Morgan fingerprint density at radius 2 is 1.94 bits per heavy atom. The van der Waals surface area contributed by atoms with Crippen molar-refractivity contribution in [3.05, 3.63) is 26.1 Å². The zero-order valence-electron chi connectivity index (χ0n) is 9.09. The molecular formula is C11H12Br2N2O. The van der Waals surface area contributed by atoms with E-state index >= 15 is 0 Å². The standard InChI is InChI=1S/C11H12Br2N2O/c1-15(2)14-9-4-3-6-7(12)5-8(13)11(16)10(6)9/h5,16H,3-4H2,1-2H3/b14-9+. The molecule has 0 spiro atoms. The van der Waals surface area contributed by atoms with Crippen LogP contribution in [-0.2, 0) is 6.42 Å². The molecule has 1 aromatic rings. The maximum Gasteiger partial charge on any atom is 0.139 e. The largest absolute Gasteiger partial charge is 0.506 e. The summed E-state index contributed by atoms with van der Waals surface area (Å²) in [7, 11) is 3.77. The molecule has 0 radical (unpaired) electrons. The van der Waals surface area contributed by atoms with Gasteiger partial charge in [0, 0.05) is 24.1 Å². The molecule has 1 aliphatic rings. The van der Waals surface area contributed by atoms with Crippen molar-refractivity contribution in [3.8, 4) is 5.75 Å². The van der Waals surface area contributed by atoms with E-state index in [1.54, 1.807) is 5.01 Å². The fraction of sp³-hybridized carbons (Fsp3) is 0.364. The summed E-state index contributed by atoms with van der Waals surface area (Å²) in [6.45, 7) is 0. The van der Waals surface area contributed by atoms with E-state index in [0.29, 0.717) is 4.47 Å². The maximum atomic E-state index is 10.1. The highest BCUT2D eigenvalue weighted by atomic mass is 79.9. The molecule has 3 nitrogen and oxygen atoms in total. The van der Waals surface area contributed by atoms with Crippen LogP contribution in [0, 0.1) is 0 Å². The third-order valence-electron chi connectivity index (χ3n) is 2.53. The Kier molecular flexibility index (Phi) is 3.26. The van der Waals surface area contributed by atoms with Crippen molar-refractivity contribution in [1.29, 1.82) is 0 Å². The Labute approximate surface area is 111 Å². The molecule has 0 saturated carbocycles. The van der Waals surface area contributed by atoms with E-state index < -0.39 is 0 Å². The Balaban J connectivity index is 2.62. The summed E-state index contributed by atoms with van der Waals surface area (Å²) in [5, 5.41) is 16.2. The van der Waals surface area contributed by atoms with E-state index in [4.69, 9.17) is 0 Å². The maximum absolute atomic E-state index is 10.1. The van der Waals surface area contributed by atoms with Gasteiger partial charge in [-0.3, -0.25) is 0 Å². The summed E-state index contributed by atoms with van der Waals surface area (Å²) in [6.07, 6.45) is 1.79. The van der Waals surface area contributed by atoms with Gasteiger partial charge in [0.05, 0.1) is 10.2 Å². The Morgan fingerprint density at radius 3 is 2.56 bits per heavy atom. The first-order valence-electron chi connectivity index (χ1n) is 4.95. The molecule has 0 bridgehead atoms. The number of hydrazone groups is 1. The molecule has 0 saturated heterocycles. The van der Waals surface area contributed by atoms with E-state index in [-0.39, 0.29) is 5.75 Å². The lowest BCUT2D eigenvalue weighted by molar-refractivity contribution is 0.436. The molecular weight excluding hydrogens is 336 g/mol. The summed E-state index contributed by atoms with van der Waals surface area (Å²) in [4.78, 5) is 0. The van der Waals surface area contributed by atoms with Gasteiger partial charge in [-0.2, -0.15) is 5.10 Å². The number of fused-ring (bicyclic) bond motifs is 1. The molecule has 16 heavy (non-hydrogen) atoms. The van der Waals surface area contributed by atoms with Crippen molar-refractivity contribution >= 4 is 37.6 Å². The molecule has 0 amide bonds. The zero-order valence-corrected chi connectivity index (χ0v) is 12.3. The summed E-state index contributed by atoms with van der Waals surface area (Å²) < 4.78 is 1.72. The molecule has 0 atom stereocenters. The van der Waals surface area contributed by atoms with Crippen LogP contribution in [0.15, 0.2) is 20.1 Å². The van der Waals surface area contributed by atoms with Crippen LogP contribution in [-0.4, -0.2) is 29.9 Å². The van der Waals surface area contributed by atoms with Crippen molar-refractivity contribution < 1.29 is 5.11 Å². The van der Waals surface area contributed by atoms with Gasteiger partial charge in [-0.15, -0.1) is 0 Å². The minimum Gasteiger partial charge on any atom is -0.506 e. The molecule has 0 fully saturated rings. The van der Waals surface area contributed by atoms with E-state index in [1.165, 1.54) is 0 Å². The molecule has 5 heteroatoms. The fourth-order valence-electron chi connectivity index (χ4n) is 1.91. The van der Waals surface area contributed by atoms with Gasteiger partial charge in [0.25, 0.3) is 0 Å². The molecule has 2 rings (SSSR count). The lowest BCUT2D eigenvalue weighted by atomic mass is 10.1. The van der Waals surface area contributed by atoms with Crippen molar-refractivity contribution in [2.45, 2.75) is 12.8 Å². The Morgan fingerprint density at radius 1 is 1.25 bits per heavy atom. The Hall–Kier alpha value is -0.550. The van der Waals surface area contributed by atoms with Gasteiger partial charge in [0.15, 0.2) is 0 Å². The quantitative estimate of drug-likeness (QED) is 0.792. The van der Waals surface area contributed by atoms with Crippen LogP contribution in [0.1, 0.15) is 17.5 Å². The normalized spacial score (nSPS) is 16.6. The van der Waals surface area contributed by atoms with Gasteiger partial charge >= 0.3 is 0 Å². The van der Waals surface area contributed by atoms with Crippen LogP contribution < -0.4 is 0 Å². The number of rotatable bonds is 1. The third kappa shape index (κ3) is 1.98. The minimum absolute atomic E-state index is 0.288. The number of hydrogen-bond donors (Lipinski definition) is 1. The molecule has 0 aromatic heterocycles. The molecule has 1 aliphatic carbocycles. The van der Waals surface area contributed by atoms with E-state index in [9.17, 15) is 5.11 Å². The monoisotopic (exact) mass is 346 g/mol. The summed E-state index contributed by atoms with van der Waals surface area (Å²) in [5.74, 6) is 0.288. The highest BCUT2D eigenvalue weighted by Gasteiger charge is 2.25. The van der Waals surface area contributed by atoms with E-state index in [1.807, 2.05) is 20.2 Å². The summed E-state index contributed by atoms with van der Waals surface area (Å²) in [5.41, 5.74) is 2.95. The average molecular weight is 348 g/mol. The molecule has 1 N–H and O–H groups in total. The molecule has 1 aromatic carbocycles. The minimum atomic E-state index is 0.288. The average Bonchev–Trinajstić information content (AvgIpc) is 2.58. The van der Waals surface area contributed by atoms with Crippen LogP contribution in [0.2, 0.25) is 0 Å². The summed E-state index contributed by atoms with van der Waals surface area (Å²) >= 11 is 6.86. The van der Waals surface area contributed by atoms with Crippen molar-refractivity contribution in [1.82, 2.24) is 5.01 Å². The first-order chi connectivity index (χ1) is 7.50. The van der Waals surface area contributed by atoms with Gasteiger partial charge < -0.3 is 10.1 Å². The summed E-state index contributed by atoms with van der Waals surface area (Å²) in [6, 6.07) is 1.88. The van der Waals surface area contributed by atoms with Crippen LogP contribution in [0.25, 0.3) is 0 Å². The molecule has 86 valence electrons. The molecule has 0 aliphatic heterocycles. The van der Waals surface area contributed by atoms with Crippen LogP contribution in [0.3, 0.4) is 0 Å². The predicted octanol–water partition coefficient (Wildman–Crippen LogP) is 3.13. The highest BCUT2D eigenvalue weighted by Crippen LogP contribution is 2.40. The van der Waals surface area contributed by atoms with Gasteiger partial charge in [-0.05, 0) is 40.4 Å². The second kappa shape index (κ2) is 4.37. The lowest BCUT2D eigenvalue weighted by Crippen LogP contribution is -2.08. The van der Waals surface area contributed by atoms with Crippen LogP contribution in [0.4, 0.5) is 0 Å². The zero-order chi connectivity index (χ0) is 11.9. The van der Waals surface area contributed by atoms with Crippen LogP contribution >= 0.6 is 31.9 Å². The SMILES string of the molecule is CN(C)/N=C1\CCc2c(Br)cc(Br)c(O)c21. The fourth-order valence-corrected chi connectivity index (χ4v) is 3.27. The van der Waals surface area contributed by atoms with Gasteiger partial charge in [-0.25, -0.2) is 0 Å². The number of hydrogen-bond acceptors (Lipinski definition) is 3. The topological polar surface area (TPSA) is 35.8 Å². The van der Waals surface area contributed by atoms with Crippen molar-refractivity contribution in [2.24, 2.45) is 5.10 Å². The second-order valence-corrected chi connectivity index (χ2v) is 5.64. The van der Waals surface area contributed by atoms with Crippen molar-refractivity contribution in [3.63, 3.8) is 0 Å². The molecule has 0 unspecified atom stereocenters. The van der Waals surface area contributed by atoms with Gasteiger partial charge in [-0.1, -0.05) is 15.9 Å². The first-order valence-corrected chi connectivity index (χ1v) is 6.54.